The number of fused-ring (bicyclic) bond motifs is 4. The molecular weight excluding hydrogens is 689 g/mol. The maximum Gasteiger partial charge on any atom is 0.233 e. The Morgan fingerprint density at radius 3 is 2.16 bits per heavy atom. The number of phenols is 1. The van der Waals surface area contributed by atoms with Gasteiger partial charge in [0.25, 0.3) is 0 Å². The van der Waals surface area contributed by atoms with E-state index in [0.717, 1.165) is 25.2 Å². The van der Waals surface area contributed by atoms with E-state index in [1.54, 1.807) is 17.0 Å². The van der Waals surface area contributed by atoms with Gasteiger partial charge in [-0.25, -0.2) is 0 Å². The number of carbonyl (C=O) groups excluding carboxylic acids is 4. The van der Waals surface area contributed by atoms with E-state index in [1.165, 1.54) is 24.8 Å². The highest BCUT2D eigenvalue weighted by molar-refractivity contribution is 6.31. The maximum absolute atomic E-state index is 15.3. The smallest absolute Gasteiger partial charge is 0.233 e. The normalized spacial score (nSPS) is 28.2. The zero-order valence-corrected chi connectivity index (χ0v) is 30.8. The molecule has 9 rings (SSSR count). The summed E-state index contributed by atoms with van der Waals surface area (Å²) < 4.78 is 5.91. The van der Waals surface area contributed by atoms with Crippen LogP contribution in [0.2, 0.25) is 0 Å². The van der Waals surface area contributed by atoms with E-state index < -0.39 is 35.0 Å². The Morgan fingerprint density at radius 1 is 0.800 bits per heavy atom. The lowest BCUT2D eigenvalue weighted by atomic mass is 9.44. The highest BCUT2D eigenvalue weighted by atomic mass is 16.5. The fraction of sp³-hybridized carbons (Fsp3) is 0.319. The molecule has 6 atom stereocenters. The van der Waals surface area contributed by atoms with E-state index in [-0.39, 0.29) is 41.6 Å². The van der Waals surface area contributed by atoms with E-state index >= 15 is 9.59 Å². The van der Waals surface area contributed by atoms with Gasteiger partial charge in [0, 0.05) is 54.7 Å². The van der Waals surface area contributed by atoms with Gasteiger partial charge in [-0.05, 0) is 60.4 Å². The first-order chi connectivity index (χ1) is 26.8. The molecule has 8 nitrogen and oxygen atoms in total. The van der Waals surface area contributed by atoms with Crippen LogP contribution in [0, 0.1) is 23.7 Å². The molecule has 1 N–H and O–H groups in total. The molecule has 4 aromatic carbocycles. The lowest BCUT2D eigenvalue weighted by Gasteiger charge is -2.55. The Kier molecular flexibility index (Phi) is 8.89. The van der Waals surface area contributed by atoms with E-state index in [9.17, 15) is 14.7 Å². The van der Waals surface area contributed by atoms with Crippen LogP contribution in [0.5, 0.6) is 11.5 Å². The van der Waals surface area contributed by atoms with E-state index in [0.29, 0.717) is 47.3 Å². The van der Waals surface area contributed by atoms with Crippen LogP contribution >= 0.6 is 0 Å². The number of methoxy groups -OCH3 is 1. The third-order valence-corrected chi connectivity index (χ3v) is 13.1. The molecule has 0 radical (unpaired) electrons. The summed E-state index contributed by atoms with van der Waals surface area (Å²) in [5.74, 6) is -3.44. The fourth-order valence-electron chi connectivity index (χ4n) is 10.7. The Labute approximate surface area is 321 Å². The predicted molar refractivity (Wildman–Crippen MR) is 208 cm³/mol. The summed E-state index contributed by atoms with van der Waals surface area (Å²) >= 11 is 0. The van der Waals surface area contributed by atoms with Gasteiger partial charge in [-0.3, -0.25) is 29.0 Å². The average Bonchev–Trinajstić information content (AvgIpc) is 3.48. The summed E-state index contributed by atoms with van der Waals surface area (Å²) in [7, 11) is 1.53. The second-order valence-electron chi connectivity index (χ2n) is 15.8. The molecular formula is C47H44N2O6. The van der Waals surface area contributed by atoms with Crippen molar-refractivity contribution in [2.24, 2.45) is 23.7 Å². The number of hydrogen-bond donors (Lipinski definition) is 1. The maximum atomic E-state index is 15.3. The molecule has 278 valence electrons. The molecule has 2 heterocycles. The van der Waals surface area contributed by atoms with Crippen molar-refractivity contribution >= 4 is 29.0 Å². The van der Waals surface area contributed by atoms with Crippen LogP contribution < -0.4 is 4.74 Å². The van der Waals surface area contributed by atoms with Crippen molar-refractivity contribution in [3.63, 3.8) is 0 Å². The second-order valence-corrected chi connectivity index (χ2v) is 15.8. The van der Waals surface area contributed by atoms with Crippen LogP contribution in [-0.2, 0) is 31.1 Å². The van der Waals surface area contributed by atoms with Crippen molar-refractivity contribution in [1.29, 1.82) is 0 Å². The number of aromatic hydroxyl groups is 1. The molecule has 2 saturated heterocycles. The van der Waals surface area contributed by atoms with Gasteiger partial charge in [0.1, 0.15) is 11.5 Å². The molecule has 4 aromatic rings. The number of benzene rings is 4. The topological polar surface area (TPSA) is 104 Å². The van der Waals surface area contributed by atoms with Crippen molar-refractivity contribution in [2.45, 2.75) is 49.6 Å². The summed E-state index contributed by atoms with van der Waals surface area (Å²) in [5.41, 5.74) is 3.14. The number of nitrogens with zero attached hydrogens (tertiary/aromatic N) is 2. The minimum absolute atomic E-state index is 0.00953. The molecule has 3 aliphatic carbocycles. The number of Topliss-reactive ketones (excluding diaryl/α,β-unsaturated/α-hetero) is 1. The zero-order valence-electron chi connectivity index (χ0n) is 30.8. The standard InChI is InChI=1S/C47H44N2O6/c1-55-40-25-33(50)17-18-35(40)43-34-19-20-36-42(46(54)49(45(36)53)32-21-23-48(24-22-32)28-29-11-5-2-6-12-29)38(34)26-39-44(52)37(30-13-7-3-8-14-30)27-41(51)47(39,43)31-15-9-4-10-16-31/h2-19,25,27,32,36,38-39,42-43,50H,20-24,26,28H2,1H3/t36-,38+,39-,42-,43+,47-/m0/s1. The van der Waals surface area contributed by atoms with Gasteiger partial charge in [-0.15, -0.1) is 0 Å². The van der Waals surface area contributed by atoms with Gasteiger partial charge in [0.2, 0.25) is 11.8 Å². The summed E-state index contributed by atoms with van der Waals surface area (Å²) in [4.78, 5) is 63.7. The van der Waals surface area contributed by atoms with Gasteiger partial charge in [-0.2, -0.15) is 0 Å². The molecule has 5 aliphatic rings. The highest BCUT2D eigenvalue weighted by Crippen LogP contribution is 2.64. The summed E-state index contributed by atoms with van der Waals surface area (Å²) in [6, 6.07) is 33.8. The number of phenolic OH excluding ortho intramolecular Hbond substituents is 1. The summed E-state index contributed by atoms with van der Waals surface area (Å²) in [6.07, 6.45) is 5.62. The number of rotatable bonds is 7. The SMILES string of the molecule is COc1cc(O)ccc1[C@H]1C2=CC[C@@H]3C(=O)N(C4CCN(Cc5ccccc5)CC4)C(=O)[C@@H]3[C@@H]2C[C@H]2C(=O)C(c3ccccc3)=CC(=O)[C@@]12c1ccccc1. The predicted octanol–water partition coefficient (Wildman–Crippen LogP) is 6.89. The van der Waals surface area contributed by atoms with Gasteiger partial charge >= 0.3 is 0 Å². The molecule has 0 spiro atoms. The minimum Gasteiger partial charge on any atom is -0.508 e. The average molecular weight is 733 g/mol. The second kappa shape index (κ2) is 13.9. The number of ketones is 2. The van der Waals surface area contributed by atoms with Crippen LogP contribution in [0.1, 0.15) is 53.9 Å². The molecule has 8 heteroatoms. The third kappa shape index (κ3) is 5.60. The number of carbonyl (C=O) groups is 4. The molecule has 0 aromatic heterocycles. The van der Waals surface area contributed by atoms with Crippen molar-refractivity contribution in [1.82, 2.24) is 9.80 Å². The van der Waals surface area contributed by atoms with Crippen molar-refractivity contribution in [3.05, 3.63) is 149 Å². The Balaban J connectivity index is 1.14. The number of piperidine rings is 1. The van der Waals surface area contributed by atoms with Crippen LogP contribution in [0.15, 0.2) is 127 Å². The summed E-state index contributed by atoms with van der Waals surface area (Å²) in [6.45, 7) is 2.40. The molecule has 1 saturated carbocycles. The molecule has 3 fully saturated rings. The van der Waals surface area contributed by atoms with Crippen molar-refractivity contribution < 1.29 is 29.0 Å². The monoisotopic (exact) mass is 732 g/mol. The van der Waals surface area contributed by atoms with Crippen LogP contribution in [0.4, 0.5) is 0 Å². The van der Waals surface area contributed by atoms with E-state index in [2.05, 4.69) is 23.1 Å². The van der Waals surface area contributed by atoms with Crippen LogP contribution in [-0.4, -0.2) is 64.5 Å². The van der Waals surface area contributed by atoms with Gasteiger partial charge in [0.05, 0.1) is 24.4 Å². The first kappa shape index (κ1) is 35.1. The van der Waals surface area contributed by atoms with Crippen molar-refractivity contribution in [2.75, 3.05) is 20.2 Å². The minimum atomic E-state index is -1.37. The largest absolute Gasteiger partial charge is 0.508 e. The first-order valence-electron chi connectivity index (χ1n) is 19.4. The Hall–Kier alpha value is -5.60. The zero-order chi connectivity index (χ0) is 37.8. The number of imide groups is 1. The molecule has 0 unspecified atom stereocenters. The number of amides is 2. The quantitative estimate of drug-likeness (QED) is 0.163. The highest BCUT2D eigenvalue weighted by Gasteiger charge is 2.66. The lowest BCUT2D eigenvalue weighted by molar-refractivity contribution is -0.144. The van der Waals surface area contributed by atoms with Crippen LogP contribution in [0.3, 0.4) is 0 Å². The fourth-order valence-corrected chi connectivity index (χ4v) is 10.7. The molecule has 55 heavy (non-hydrogen) atoms. The van der Waals surface area contributed by atoms with Gasteiger partial charge in [-0.1, -0.05) is 109 Å². The number of ether oxygens (including phenoxy) is 1. The van der Waals surface area contributed by atoms with Gasteiger partial charge in [0.15, 0.2) is 11.6 Å². The number of allylic oxidation sites excluding steroid dienone is 4. The molecule has 2 aliphatic heterocycles. The van der Waals surface area contributed by atoms with Crippen molar-refractivity contribution in [3.8, 4) is 11.5 Å². The van der Waals surface area contributed by atoms with E-state index in [4.69, 9.17) is 4.74 Å². The number of hydrogen-bond acceptors (Lipinski definition) is 7. The molecule has 2 amide bonds. The van der Waals surface area contributed by atoms with Crippen LogP contribution in [0.25, 0.3) is 5.57 Å². The Morgan fingerprint density at radius 2 is 1.47 bits per heavy atom. The van der Waals surface area contributed by atoms with E-state index in [1.807, 2.05) is 78.9 Å². The summed E-state index contributed by atoms with van der Waals surface area (Å²) in [5, 5.41) is 10.6. The van der Waals surface area contributed by atoms with Gasteiger partial charge < -0.3 is 9.84 Å². The third-order valence-electron chi connectivity index (χ3n) is 13.1. The molecule has 0 bridgehead atoms. The lowest BCUT2D eigenvalue weighted by Crippen LogP contribution is -2.59. The Bertz CT molecular complexity index is 2230. The first-order valence-corrected chi connectivity index (χ1v) is 19.4. The number of likely N-dealkylation sites (tertiary alicyclic amines) is 2.